The van der Waals surface area contributed by atoms with Crippen molar-refractivity contribution in [3.8, 4) is 0 Å². The number of anilines is 2. The van der Waals surface area contributed by atoms with Crippen molar-refractivity contribution >= 4 is 45.1 Å². The maximum atomic E-state index is 14.2. The van der Waals surface area contributed by atoms with E-state index in [0.717, 1.165) is 28.0 Å². The van der Waals surface area contributed by atoms with Gasteiger partial charge in [-0.3, -0.25) is 23.7 Å². The second kappa shape index (κ2) is 12.5. The molecule has 2 aliphatic heterocycles. The predicted octanol–water partition coefficient (Wildman–Crippen LogP) is 2.48. The Kier molecular flexibility index (Phi) is 8.33. The van der Waals surface area contributed by atoms with Crippen LogP contribution in [0.1, 0.15) is 30.8 Å². The number of morpholine rings is 1. The lowest BCUT2D eigenvalue weighted by molar-refractivity contribution is -0.141. The van der Waals surface area contributed by atoms with Gasteiger partial charge in [0.15, 0.2) is 11.6 Å². The summed E-state index contributed by atoms with van der Waals surface area (Å²) in [5.41, 5.74) is 4.46. The Labute approximate surface area is 289 Å². The van der Waals surface area contributed by atoms with E-state index in [1.54, 1.807) is 53.8 Å². The Balaban J connectivity index is 1.23. The van der Waals surface area contributed by atoms with E-state index in [2.05, 4.69) is 9.88 Å². The van der Waals surface area contributed by atoms with Gasteiger partial charge in [-0.25, -0.2) is 9.97 Å². The second-order valence-corrected chi connectivity index (χ2v) is 14.0. The van der Waals surface area contributed by atoms with E-state index in [1.165, 1.54) is 4.90 Å². The molecule has 2 amide bonds. The largest absolute Gasteiger partial charge is 0.366 e. The summed E-state index contributed by atoms with van der Waals surface area (Å²) in [5, 5.41) is 0.486. The predicted molar refractivity (Wildman–Crippen MR) is 192 cm³/mol. The highest BCUT2D eigenvalue weighted by atomic mass is 16.5. The number of ether oxygens (including phenoxy) is 1. The zero-order valence-electron chi connectivity index (χ0n) is 29.3. The van der Waals surface area contributed by atoms with Crippen molar-refractivity contribution in [2.45, 2.75) is 51.3 Å². The zero-order valence-corrected chi connectivity index (χ0v) is 29.3. The van der Waals surface area contributed by atoms with Crippen LogP contribution >= 0.6 is 0 Å². The van der Waals surface area contributed by atoms with E-state index in [9.17, 15) is 19.2 Å². The van der Waals surface area contributed by atoms with Gasteiger partial charge in [0.25, 0.3) is 17.0 Å². The van der Waals surface area contributed by atoms with Crippen molar-refractivity contribution in [1.29, 1.82) is 0 Å². The first-order valence-corrected chi connectivity index (χ1v) is 16.9. The molecule has 13 heteroatoms. The van der Waals surface area contributed by atoms with Gasteiger partial charge in [0, 0.05) is 71.8 Å². The minimum atomic E-state index is -0.589. The number of hydrogen-bond donors (Lipinski definition) is 0. The standard InChI is InChI=1S/C37H42N8O5/c1-37(2)26-10-7-23(19-29(26)42(6)36(37)49)11-16-45-31(13-15-43-14-12-28-32(35(43)48)38-22-41(28)5)39-27-20-24(8-9-25(27)33(45)46)44-17-18-50-30(21-44)34(47)40(3)4/h7-10,12,14,19-20,22,30H,11,13,15-18,21H2,1-6H3/t30-/m1/s1. The Morgan fingerprint density at radius 1 is 1.00 bits per heavy atom. The summed E-state index contributed by atoms with van der Waals surface area (Å²) in [7, 11) is 7.07. The van der Waals surface area contributed by atoms with Crippen LogP contribution in [-0.2, 0) is 52.7 Å². The highest BCUT2D eigenvalue weighted by Crippen LogP contribution is 2.41. The Morgan fingerprint density at radius 3 is 2.58 bits per heavy atom. The highest BCUT2D eigenvalue weighted by Gasteiger charge is 2.42. The molecule has 0 saturated carbocycles. The lowest BCUT2D eigenvalue weighted by atomic mass is 9.86. The van der Waals surface area contributed by atoms with Crippen LogP contribution < -0.4 is 20.9 Å². The number of carbonyl (C=O) groups is 2. The van der Waals surface area contributed by atoms with Crippen LogP contribution in [0.5, 0.6) is 0 Å². The molecule has 5 heterocycles. The molecule has 50 heavy (non-hydrogen) atoms. The quantitative estimate of drug-likeness (QED) is 0.245. The van der Waals surface area contributed by atoms with Crippen molar-refractivity contribution in [2.24, 2.45) is 7.05 Å². The third-order valence-corrected chi connectivity index (χ3v) is 10.2. The molecule has 0 unspecified atom stereocenters. The monoisotopic (exact) mass is 678 g/mol. The van der Waals surface area contributed by atoms with Gasteiger partial charge in [-0.2, -0.15) is 0 Å². The molecule has 0 N–H and O–H groups in total. The lowest BCUT2D eigenvalue weighted by Crippen LogP contribution is -2.49. The second-order valence-electron chi connectivity index (χ2n) is 14.0. The molecular weight excluding hydrogens is 636 g/mol. The molecule has 1 atom stereocenters. The molecule has 0 spiro atoms. The van der Waals surface area contributed by atoms with E-state index < -0.39 is 11.5 Å². The van der Waals surface area contributed by atoms with Crippen LogP contribution in [-0.4, -0.2) is 87.3 Å². The number of imidazole rings is 1. The number of amides is 2. The van der Waals surface area contributed by atoms with Crippen molar-refractivity contribution in [3.05, 3.63) is 92.6 Å². The molecular formula is C37H42N8O5. The first-order chi connectivity index (χ1) is 23.8. The number of benzene rings is 2. The Bertz CT molecular complexity index is 2280. The van der Waals surface area contributed by atoms with Crippen LogP contribution in [0.25, 0.3) is 21.9 Å². The van der Waals surface area contributed by atoms with E-state index in [4.69, 9.17) is 9.72 Å². The van der Waals surface area contributed by atoms with Crippen molar-refractivity contribution in [2.75, 3.05) is 50.6 Å². The van der Waals surface area contributed by atoms with Gasteiger partial charge in [0.05, 0.1) is 41.3 Å². The lowest BCUT2D eigenvalue weighted by Gasteiger charge is -2.34. The number of nitrogens with zero attached hydrogens (tertiary/aromatic N) is 8. The third kappa shape index (κ3) is 5.64. The summed E-state index contributed by atoms with van der Waals surface area (Å²) in [4.78, 5) is 67.7. The maximum absolute atomic E-state index is 14.2. The van der Waals surface area contributed by atoms with E-state index in [0.29, 0.717) is 67.9 Å². The molecule has 3 aromatic heterocycles. The molecule has 13 nitrogen and oxygen atoms in total. The minimum absolute atomic E-state index is 0.0530. The van der Waals surface area contributed by atoms with Crippen LogP contribution in [0, 0.1) is 0 Å². The molecule has 7 rings (SSSR count). The van der Waals surface area contributed by atoms with E-state index in [-0.39, 0.29) is 22.9 Å². The number of aryl methyl sites for hydroxylation is 4. The molecule has 0 bridgehead atoms. The fourth-order valence-electron chi connectivity index (χ4n) is 7.18. The molecule has 1 fully saturated rings. The Morgan fingerprint density at radius 2 is 1.80 bits per heavy atom. The van der Waals surface area contributed by atoms with Crippen molar-refractivity contribution < 1.29 is 14.3 Å². The molecule has 2 aliphatic rings. The molecule has 0 aliphatic carbocycles. The third-order valence-electron chi connectivity index (χ3n) is 10.2. The van der Waals surface area contributed by atoms with Crippen molar-refractivity contribution in [1.82, 2.24) is 28.6 Å². The number of carbonyl (C=O) groups excluding carboxylic acids is 2. The summed E-state index contributed by atoms with van der Waals surface area (Å²) in [6.45, 7) is 5.95. The maximum Gasteiger partial charge on any atom is 0.278 e. The van der Waals surface area contributed by atoms with Gasteiger partial charge >= 0.3 is 0 Å². The molecule has 1 saturated heterocycles. The van der Waals surface area contributed by atoms with Gasteiger partial charge in [-0.05, 0) is 61.7 Å². The summed E-state index contributed by atoms with van der Waals surface area (Å²) in [6, 6.07) is 13.5. The number of likely N-dealkylation sites (N-methyl/N-ethyl adjacent to an activating group) is 2. The SMILES string of the molecule is CN(C)C(=O)[C@H]1CN(c2ccc3c(=O)n(CCc4ccc5c(c4)N(C)C(=O)C5(C)C)c(CCn4ccc5c(ncn5C)c4=O)nc3c2)CCO1. The number of pyridine rings is 1. The number of rotatable bonds is 8. The molecule has 2 aromatic carbocycles. The summed E-state index contributed by atoms with van der Waals surface area (Å²) in [6.07, 6.45) is 3.67. The minimum Gasteiger partial charge on any atom is -0.366 e. The number of aromatic nitrogens is 5. The average Bonchev–Trinajstić information content (AvgIpc) is 3.57. The molecule has 260 valence electrons. The molecule has 0 radical (unpaired) electrons. The fourth-order valence-corrected chi connectivity index (χ4v) is 7.18. The highest BCUT2D eigenvalue weighted by molar-refractivity contribution is 6.07. The van der Waals surface area contributed by atoms with Gasteiger partial charge in [0.1, 0.15) is 5.82 Å². The van der Waals surface area contributed by atoms with Crippen LogP contribution in [0.2, 0.25) is 0 Å². The van der Waals surface area contributed by atoms with E-state index in [1.807, 2.05) is 61.9 Å². The smallest absolute Gasteiger partial charge is 0.278 e. The van der Waals surface area contributed by atoms with Gasteiger partial charge in [-0.15, -0.1) is 0 Å². The number of fused-ring (bicyclic) bond motifs is 3. The van der Waals surface area contributed by atoms with Gasteiger partial charge < -0.3 is 28.6 Å². The van der Waals surface area contributed by atoms with Gasteiger partial charge in [-0.1, -0.05) is 12.1 Å². The van der Waals surface area contributed by atoms with Gasteiger partial charge in [0.2, 0.25) is 5.91 Å². The number of hydrogen-bond acceptors (Lipinski definition) is 8. The Hall–Kier alpha value is -5.30. The first-order valence-electron chi connectivity index (χ1n) is 16.9. The van der Waals surface area contributed by atoms with Crippen LogP contribution in [0.3, 0.4) is 0 Å². The van der Waals surface area contributed by atoms with Crippen LogP contribution in [0.4, 0.5) is 11.4 Å². The average molecular weight is 679 g/mol. The van der Waals surface area contributed by atoms with Crippen LogP contribution in [0.15, 0.2) is 64.6 Å². The summed E-state index contributed by atoms with van der Waals surface area (Å²) >= 11 is 0. The first kappa shape index (κ1) is 33.2. The molecule has 5 aromatic rings. The topological polar surface area (TPSA) is 128 Å². The normalized spacial score (nSPS) is 17.2. The van der Waals surface area contributed by atoms with E-state index >= 15 is 0 Å². The fraction of sp³-hybridized carbons (Fsp3) is 0.405. The summed E-state index contributed by atoms with van der Waals surface area (Å²) < 4.78 is 10.9. The summed E-state index contributed by atoms with van der Waals surface area (Å²) in [5.74, 6) is 0.519. The zero-order chi connectivity index (χ0) is 35.5. The van der Waals surface area contributed by atoms with Crippen molar-refractivity contribution in [3.63, 3.8) is 0 Å².